The standard InChI is InChI=1S/C20H20F3N3O3/c1-2-29-17-9-7-16(8-10-17)26-12-15(11-18(26)27)25-19(28)24-14-5-3-13(4-6-14)20(21,22)23/h3-10,15H,2,11-12H2,1H3,(H2,24,25,28)/t15-/m0/s1. The van der Waals surface area contributed by atoms with E-state index in [1.807, 2.05) is 6.92 Å². The molecule has 154 valence electrons. The maximum Gasteiger partial charge on any atom is 0.416 e. The molecule has 2 aromatic carbocycles. The zero-order valence-corrected chi connectivity index (χ0v) is 15.6. The lowest BCUT2D eigenvalue weighted by Gasteiger charge is -2.18. The smallest absolute Gasteiger partial charge is 0.416 e. The number of nitrogens with one attached hydrogen (secondary N) is 2. The molecule has 3 rings (SSSR count). The molecule has 2 aromatic rings. The average molecular weight is 407 g/mol. The highest BCUT2D eigenvalue weighted by molar-refractivity contribution is 5.97. The Morgan fingerprint density at radius 2 is 1.79 bits per heavy atom. The van der Waals surface area contributed by atoms with E-state index < -0.39 is 23.8 Å². The summed E-state index contributed by atoms with van der Waals surface area (Å²) in [6, 6.07) is 10.2. The lowest BCUT2D eigenvalue weighted by atomic mass is 10.2. The molecule has 1 heterocycles. The van der Waals surface area contributed by atoms with Gasteiger partial charge < -0.3 is 20.3 Å². The molecule has 1 fully saturated rings. The first kappa shape index (κ1) is 20.5. The summed E-state index contributed by atoms with van der Waals surface area (Å²) < 4.78 is 43.1. The largest absolute Gasteiger partial charge is 0.494 e. The predicted octanol–water partition coefficient (Wildman–Crippen LogP) is 4.03. The molecule has 2 N–H and O–H groups in total. The van der Waals surface area contributed by atoms with Crippen LogP contribution in [0.2, 0.25) is 0 Å². The number of halogens is 3. The van der Waals surface area contributed by atoms with Crippen LogP contribution in [0.1, 0.15) is 18.9 Å². The van der Waals surface area contributed by atoms with Gasteiger partial charge in [-0.15, -0.1) is 0 Å². The summed E-state index contributed by atoms with van der Waals surface area (Å²) in [5.74, 6) is 0.572. The maximum atomic E-state index is 12.6. The van der Waals surface area contributed by atoms with E-state index in [0.29, 0.717) is 24.6 Å². The molecule has 1 atom stereocenters. The minimum atomic E-state index is -4.44. The van der Waals surface area contributed by atoms with Gasteiger partial charge in [-0.25, -0.2) is 4.79 Å². The van der Waals surface area contributed by atoms with Crippen LogP contribution in [-0.2, 0) is 11.0 Å². The lowest BCUT2D eigenvalue weighted by molar-refractivity contribution is -0.137. The summed E-state index contributed by atoms with van der Waals surface area (Å²) in [7, 11) is 0. The third kappa shape index (κ3) is 5.18. The summed E-state index contributed by atoms with van der Waals surface area (Å²) >= 11 is 0. The van der Waals surface area contributed by atoms with Crippen LogP contribution in [0.4, 0.5) is 29.3 Å². The fraction of sp³-hybridized carbons (Fsp3) is 0.300. The van der Waals surface area contributed by atoms with Crippen LogP contribution in [-0.4, -0.2) is 31.1 Å². The molecule has 1 saturated heterocycles. The minimum absolute atomic E-state index is 0.131. The molecule has 3 amide bonds. The van der Waals surface area contributed by atoms with Gasteiger partial charge >= 0.3 is 12.2 Å². The third-order valence-corrected chi connectivity index (χ3v) is 4.39. The van der Waals surface area contributed by atoms with E-state index in [1.54, 1.807) is 29.2 Å². The van der Waals surface area contributed by atoms with E-state index in [4.69, 9.17) is 4.74 Å². The number of rotatable bonds is 5. The molecule has 0 aliphatic carbocycles. The lowest BCUT2D eigenvalue weighted by Crippen LogP contribution is -2.39. The minimum Gasteiger partial charge on any atom is -0.494 e. The summed E-state index contributed by atoms with van der Waals surface area (Å²) in [6.07, 6.45) is -4.30. The van der Waals surface area contributed by atoms with Crippen molar-refractivity contribution in [2.75, 3.05) is 23.4 Å². The topological polar surface area (TPSA) is 70.7 Å². The number of urea groups is 1. The van der Waals surface area contributed by atoms with Crippen molar-refractivity contribution in [3.63, 3.8) is 0 Å². The van der Waals surface area contributed by atoms with Gasteiger partial charge in [-0.2, -0.15) is 13.2 Å². The molecular weight excluding hydrogens is 387 g/mol. The Hall–Kier alpha value is -3.23. The van der Waals surface area contributed by atoms with Gasteiger partial charge in [0, 0.05) is 24.3 Å². The molecule has 0 bridgehead atoms. The average Bonchev–Trinajstić information content (AvgIpc) is 3.02. The Balaban J connectivity index is 1.55. The van der Waals surface area contributed by atoms with Crippen LogP contribution in [0.15, 0.2) is 48.5 Å². The molecule has 9 heteroatoms. The van der Waals surface area contributed by atoms with Gasteiger partial charge in [0.15, 0.2) is 0 Å². The quantitative estimate of drug-likeness (QED) is 0.786. The first-order chi connectivity index (χ1) is 13.8. The number of alkyl halides is 3. The summed E-state index contributed by atoms with van der Waals surface area (Å²) in [4.78, 5) is 26.0. The maximum absolute atomic E-state index is 12.6. The molecule has 6 nitrogen and oxygen atoms in total. The number of nitrogens with zero attached hydrogens (tertiary/aromatic N) is 1. The molecule has 0 radical (unpaired) electrons. The number of ether oxygens (including phenoxy) is 1. The summed E-state index contributed by atoms with van der Waals surface area (Å²) in [5, 5.41) is 5.15. The third-order valence-electron chi connectivity index (χ3n) is 4.39. The number of carbonyl (C=O) groups is 2. The highest BCUT2D eigenvalue weighted by Crippen LogP contribution is 2.30. The molecule has 0 unspecified atom stereocenters. The molecule has 29 heavy (non-hydrogen) atoms. The number of amides is 3. The van der Waals surface area contributed by atoms with Crippen molar-refractivity contribution < 1.29 is 27.5 Å². The van der Waals surface area contributed by atoms with Crippen molar-refractivity contribution in [3.05, 3.63) is 54.1 Å². The highest BCUT2D eigenvalue weighted by atomic mass is 19.4. The van der Waals surface area contributed by atoms with Crippen LogP contribution < -0.4 is 20.3 Å². The number of hydrogen-bond donors (Lipinski definition) is 2. The van der Waals surface area contributed by atoms with E-state index in [-0.39, 0.29) is 18.0 Å². The van der Waals surface area contributed by atoms with Crippen LogP contribution in [0.25, 0.3) is 0 Å². The van der Waals surface area contributed by atoms with Crippen LogP contribution in [0, 0.1) is 0 Å². The van der Waals surface area contributed by atoms with Gasteiger partial charge in [0.1, 0.15) is 5.75 Å². The first-order valence-electron chi connectivity index (χ1n) is 9.04. The van der Waals surface area contributed by atoms with Crippen molar-refractivity contribution in [2.45, 2.75) is 25.6 Å². The van der Waals surface area contributed by atoms with Crippen molar-refractivity contribution in [1.29, 1.82) is 0 Å². The van der Waals surface area contributed by atoms with Crippen LogP contribution in [0.5, 0.6) is 5.75 Å². The predicted molar refractivity (Wildman–Crippen MR) is 102 cm³/mol. The van der Waals surface area contributed by atoms with E-state index in [2.05, 4.69) is 10.6 Å². The normalized spacial score (nSPS) is 16.6. The number of hydrogen-bond acceptors (Lipinski definition) is 3. The van der Waals surface area contributed by atoms with Gasteiger partial charge in [-0.05, 0) is 55.5 Å². The van der Waals surface area contributed by atoms with Gasteiger partial charge in [0.2, 0.25) is 5.91 Å². The highest BCUT2D eigenvalue weighted by Gasteiger charge is 2.32. The number of carbonyl (C=O) groups excluding carboxylic acids is 2. The van der Waals surface area contributed by atoms with Crippen molar-refractivity contribution in [1.82, 2.24) is 5.32 Å². The summed E-state index contributed by atoms with van der Waals surface area (Å²) in [5.41, 5.74) is 0.130. The van der Waals surface area contributed by atoms with Crippen molar-refractivity contribution in [2.24, 2.45) is 0 Å². The SMILES string of the molecule is CCOc1ccc(N2C[C@@H](NC(=O)Nc3ccc(C(F)(F)F)cc3)CC2=O)cc1. The van der Waals surface area contributed by atoms with Gasteiger partial charge in [0.05, 0.1) is 18.2 Å². The second kappa shape index (κ2) is 8.42. The van der Waals surface area contributed by atoms with Crippen LogP contribution >= 0.6 is 0 Å². The molecule has 0 aromatic heterocycles. The zero-order valence-electron chi connectivity index (χ0n) is 15.6. The molecular formula is C20H20F3N3O3. The molecule has 0 spiro atoms. The van der Waals surface area contributed by atoms with E-state index in [0.717, 1.165) is 12.1 Å². The van der Waals surface area contributed by atoms with Gasteiger partial charge in [0.25, 0.3) is 0 Å². The first-order valence-corrected chi connectivity index (χ1v) is 9.04. The Morgan fingerprint density at radius 1 is 1.14 bits per heavy atom. The van der Waals surface area contributed by atoms with E-state index in [9.17, 15) is 22.8 Å². The fourth-order valence-electron chi connectivity index (χ4n) is 3.04. The van der Waals surface area contributed by atoms with E-state index >= 15 is 0 Å². The number of benzene rings is 2. The van der Waals surface area contributed by atoms with Gasteiger partial charge in [-0.3, -0.25) is 4.79 Å². The summed E-state index contributed by atoms with van der Waals surface area (Å²) in [6.45, 7) is 2.72. The monoisotopic (exact) mass is 407 g/mol. The van der Waals surface area contributed by atoms with Crippen LogP contribution in [0.3, 0.4) is 0 Å². The zero-order chi connectivity index (χ0) is 21.0. The fourth-order valence-corrected chi connectivity index (χ4v) is 3.04. The molecule has 1 aliphatic heterocycles. The van der Waals surface area contributed by atoms with Gasteiger partial charge in [-0.1, -0.05) is 0 Å². The second-order valence-electron chi connectivity index (χ2n) is 6.51. The Bertz CT molecular complexity index is 867. The molecule has 1 aliphatic rings. The van der Waals surface area contributed by atoms with Crippen molar-refractivity contribution in [3.8, 4) is 5.75 Å². The van der Waals surface area contributed by atoms with Crippen molar-refractivity contribution >= 4 is 23.3 Å². The van der Waals surface area contributed by atoms with E-state index in [1.165, 1.54) is 12.1 Å². The number of anilines is 2. The Labute approximate surface area is 165 Å². The Morgan fingerprint density at radius 3 is 2.38 bits per heavy atom. The second-order valence-corrected chi connectivity index (χ2v) is 6.51. The molecule has 0 saturated carbocycles. The Kier molecular flexibility index (Phi) is 5.95.